The number of nitrogens with zero attached hydrogens (tertiary/aromatic N) is 2. The lowest BCUT2D eigenvalue weighted by Gasteiger charge is -2.05. The van der Waals surface area contributed by atoms with Gasteiger partial charge in [0.15, 0.2) is 0 Å². The van der Waals surface area contributed by atoms with E-state index in [1.54, 1.807) is 6.92 Å². The first-order chi connectivity index (χ1) is 10.4. The Morgan fingerprint density at radius 2 is 1.77 bits per heavy atom. The minimum atomic E-state index is -1.33. The van der Waals surface area contributed by atoms with E-state index in [-0.39, 0.29) is 23.4 Å². The number of carbonyl (C=O) groups is 3. The molecule has 1 rings (SSSR count). The summed E-state index contributed by atoms with van der Waals surface area (Å²) in [5, 5.41) is 30.1. The Kier molecular flexibility index (Phi) is 5.59. The number of hydrogen-bond donors (Lipinski definition) is 3. The summed E-state index contributed by atoms with van der Waals surface area (Å²) >= 11 is 0. The van der Waals surface area contributed by atoms with Gasteiger partial charge in [0.2, 0.25) is 5.71 Å². The number of hydrazone groups is 1. The quantitative estimate of drug-likeness (QED) is 0.399. The lowest BCUT2D eigenvalue weighted by Crippen LogP contribution is -2.17. The normalized spacial score (nSPS) is 10.5. The van der Waals surface area contributed by atoms with Crippen molar-refractivity contribution in [1.82, 2.24) is 0 Å². The number of carboxylic acid groups (broad SMARTS) is 2. The van der Waals surface area contributed by atoms with Crippen LogP contribution in [0.1, 0.15) is 27.6 Å². The fourth-order valence-electron chi connectivity index (χ4n) is 1.38. The van der Waals surface area contributed by atoms with Gasteiger partial charge in [-0.2, -0.15) is 10.4 Å². The average molecular weight is 305 g/mol. The molecule has 0 aliphatic carbocycles. The molecule has 0 aromatic heterocycles. The zero-order valence-electron chi connectivity index (χ0n) is 11.4. The van der Waals surface area contributed by atoms with E-state index in [0.717, 1.165) is 18.2 Å². The van der Waals surface area contributed by atoms with Gasteiger partial charge in [-0.3, -0.25) is 5.43 Å². The van der Waals surface area contributed by atoms with E-state index >= 15 is 0 Å². The number of benzene rings is 1. The molecule has 0 aliphatic heterocycles. The molecule has 0 unspecified atom stereocenters. The van der Waals surface area contributed by atoms with Gasteiger partial charge in [0.1, 0.15) is 6.07 Å². The molecule has 0 saturated heterocycles. The van der Waals surface area contributed by atoms with Gasteiger partial charge >= 0.3 is 17.9 Å². The molecule has 0 atom stereocenters. The summed E-state index contributed by atoms with van der Waals surface area (Å²) in [5.41, 5.74) is 1.10. The summed E-state index contributed by atoms with van der Waals surface area (Å²) in [7, 11) is 0. The van der Waals surface area contributed by atoms with Gasteiger partial charge < -0.3 is 14.9 Å². The molecule has 0 amide bonds. The van der Waals surface area contributed by atoms with Crippen molar-refractivity contribution in [1.29, 1.82) is 5.26 Å². The highest BCUT2D eigenvalue weighted by Crippen LogP contribution is 2.15. The summed E-state index contributed by atoms with van der Waals surface area (Å²) in [6.45, 7) is 1.60. The number of carboxylic acids is 2. The summed E-state index contributed by atoms with van der Waals surface area (Å²) in [6.07, 6.45) is 0. The molecule has 0 fully saturated rings. The summed E-state index contributed by atoms with van der Waals surface area (Å²) in [6, 6.07) is 4.70. The van der Waals surface area contributed by atoms with Gasteiger partial charge in [-0.1, -0.05) is 0 Å². The molecule has 0 aliphatic rings. The van der Waals surface area contributed by atoms with Gasteiger partial charge in [0, 0.05) is 0 Å². The number of aromatic carboxylic acids is 2. The van der Waals surface area contributed by atoms with Crippen molar-refractivity contribution in [2.45, 2.75) is 6.92 Å². The third kappa shape index (κ3) is 4.31. The monoisotopic (exact) mass is 305 g/mol. The molecule has 1 aromatic carbocycles. The molecule has 3 N–H and O–H groups in total. The van der Waals surface area contributed by atoms with Crippen LogP contribution in [0.5, 0.6) is 0 Å². The molecule has 114 valence electrons. The lowest BCUT2D eigenvalue weighted by molar-refractivity contribution is -0.134. The second-order valence-electron chi connectivity index (χ2n) is 3.81. The van der Waals surface area contributed by atoms with Crippen LogP contribution < -0.4 is 5.43 Å². The van der Waals surface area contributed by atoms with Gasteiger partial charge in [0.05, 0.1) is 23.4 Å². The topological polar surface area (TPSA) is 149 Å². The largest absolute Gasteiger partial charge is 0.478 e. The first-order valence-electron chi connectivity index (χ1n) is 5.91. The van der Waals surface area contributed by atoms with Crippen LogP contribution in [0.4, 0.5) is 5.69 Å². The molecule has 0 saturated carbocycles. The molecule has 1 aromatic rings. The Hall–Kier alpha value is -3.41. The zero-order valence-corrected chi connectivity index (χ0v) is 11.4. The zero-order chi connectivity index (χ0) is 16.7. The number of anilines is 1. The number of carbonyl (C=O) groups excluding carboxylic acids is 1. The number of nitriles is 1. The van der Waals surface area contributed by atoms with Crippen LogP contribution in [0.2, 0.25) is 0 Å². The van der Waals surface area contributed by atoms with E-state index in [2.05, 4.69) is 15.3 Å². The summed E-state index contributed by atoms with van der Waals surface area (Å²) < 4.78 is 4.59. The van der Waals surface area contributed by atoms with Crippen LogP contribution in [0.25, 0.3) is 0 Å². The predicted octanol–water partition coefficient (Wildman–Crippen LogP) is 0.938. The van der Waals surface area contributed by atoms with Crippen LogP contribution in [-0.4, -0.2) is 40.4 Å². The van der Waals surface area contributed by atoms with Crippen molar-refractivity contribution >= 4 is 29.3 Å². The molecule has 0 bridgehead atoms. The van der Waals surface area contributed by atoms with Crippen molar-refractivity contribution in [2.75, 3.05) is 12.0 Å². The predicted molar refractivity (Wildman–Crippen MR) is 73.7 cm³/mol. The third-order valence-corrected chi connectivity index (χ3v) is 2.30. The maximum absolute atomic E-state index is 11.3. The smallest absolute Gasteiger partial charge is 0.369 e. The van der Waals surface area contributed by atoms with Crippen LogP contribution in [0, 0.1) is 11.3 Å². The van der Waals surface area contributed by atoms with E-state index in [0.29, 0.717) is 0 Å². The Morgan fingerprint density at radius 3 is 2.18 bits per heavy atom. The summed E-state index contributed by atoms with van der Waals surface area (Å²) in [5.74, 6) is -3.62. The molecule has 0 heterocycles. The Labute approximate surface area is 124 Å². The Morgan fingerprint density at radius 1 is 1.23 bits per heavy atom. The van der Waals surface area contributed by atoms with Gasteiger partial charge in [0.25, 0.3) is 0 Å². The molecule has 22 heavy (non-hydrogen) atoms. The first kappa shape index (κ1) is 16.6. The minimum absolute atomic E-state index is 0.00523. The average Bonchev–Trinajstić information content (AvgIpc) is 2.47. The number of hydrogen-bond acceptors (Lipinski definition) is 7. The van der Waals surface area contributed by atoms with Crippen molar-refractivity contribution in [3.63, 3.8) is 0 Å². The van der Waals surface area contributed by atoms with E-state index in [1.807, 2.05) is 0 Å². The second-order valence-corrected chi connectivity index (χ2v) is 3.81. The minimum Gasteiger partial charge on any atom is -0.478 e. The van der Waals surface area contributed by atoms with E-state index in [9.17, 15) is 14.4 Å². The number of esters is 1. The summed E-state index contributed by atoms with van der Waals surface area (Å²) in [4.78, 5) is 33.2. The standard InChI is InChI=1S/C13H11N3O6/c1-2-22-13(21)10(6-14)16-15-9-4-7(11(17)18)3-8(5-9)12(19)20/h3-5,15H,2H2,1H3,(H,17,18)(H,19,20). The van der Waals surface area contributed by atoms with Gasteiger partial charge in [-0.05, 0) is 25.1 Å². The van der Waals surface area contributed by atoms with E-state index in [1.165, 1.54) is 6.07 Å². The molecule has 0 radical (unpaired) electrons. The number of rotatable bonds is 6. The SMILES string of the molecule is CCOC(=O)C(C#N)=NNc1cc(C(=O)O)cc(C(=O)O)c1. The Bertz CT molecular complexity index is 657. The van der Waals surface area contributed by atoms with Crippen LogP contribution >= 0.6 is 0 Å². The van der Waals surface area contributed by atoms with Crippen LogP contribution in [-0.2, 0) is 9.53 Å². The fourth-order valence-corrected chi connectivity index (χ4v) is 1.38. The van der Waals surface area contributed by atoms with Crippen LogP contribution in [0.15, 0.2) is 23.3 Å². The molecular weight excluding hydrogens is 294 g/mol. The second kappa shape index (κ2) is 7.39. The Balaban J connectivity index is 3.11. The van der Waals surface area contributed by atoms with E-state index < -0.39 is 23.6 Å². The van der Waals surface area contributed by atoms with Crippen molar-refractivity contribution in [3.05, 3.63) is 29.3 Å². The third-order valence-electron chi connectivity index (χ3n) is 2.30. The first-order valence-corrected chi connectivity index (χ1v) is 5.91. The molecule has 9 heteroatoms. The highest BCUT2D eigenvalue weighted by Gasteiger charge is 2.14. The lowest BCUT2D eigenvalue weighted by atomic mass is 10.1. The van der Waals surface area contributed by atoms with Crippen molar-refractivity contribution in [3.8, 4) is 6.07 Å². The maximum Gasteiger partial charge on any atom is 0.369 e. The molecular formula is C13H11N3O6. The fraction of sp³-hybridized carbons (Fsp3) is 0.154. The van der Waals surface area contributed by atoms with Gasteiger partial charge in [-0.25, -0.2) is 14.4 Å². The number of ether oxygens (including phenoxy) is 1. The highest BCUT2D eigenvalue weighted by molar-refractivity contribution is 6.43. The van der Waals surface area contributed by atoms with E-state index in [4.69, 9.17) is 15.5 Å². The maximum atomic E-state index is 11.3. The molecule has 0 spiro atoms. The van der Waals surface area contributed by atoms with Crippen molar-refractivity contribution < 1.29 is 29.3 Å². The highest BCUT2D eigenvalue weighted by atomic mass is 16.5. The molecule has 9 nitrogen and oxygen atoms in total. The van der Waals surface area contributed by atoms with Gasteiger partial charge in [-0.15, -0.1) is 0 Å². The number of nitrogens with one attached hydrogen (secondary N) is 1. The van der Waals surface area contributed by atoms with Crippen molar-refractivity contribution in [2.24, 2.45) is 5.10 Å². The van der Waals surface area contributed by atoms with Crippen LogP contribution in [0.3, 0.4) is 0 Å².